The van der Waals surface area contributed by atoms with Gasteiger partial charge < -0.3 is 15.3 Å². The third-order valence-corrected chi connectivity index (χ3v) is 6.46. The maximum Gasteiger partial charge on any atom is 0.279 e. The van der Waals surface area contributed by atoms with E-state index in [9.17, 15) is 14.3 Å². The van der Waals surface area contributed by atoms with Gasteiger partial charge in [0.25, 0.3) is 5.91 Å². The number of benzene rings is 2. The standard InChI is InChI=1S/C23H27FN2O2/c24-18-11-9-17(10-12-18)22-20-8-4-5-13-23(20,28)14-15-26(22)16-21(27)25-19-6-2-1-3-7-19/h1-3,6-7,9-12,20,22,28H,4-5,8,13-16H2,(H,25,27)/p+1/t20-,22+,23-/m1/s1. The molecule has 1 saturated heterocycles. The molecule has 4 atom stereocenters. The van der Waals surface area contributed by atoms with Gasteiger partial charge in [-0.25, -0.2) is 4.39 Å². The van der Waals surface area contributed by atoms with Crippen molar-refractivity contribution in [2.45, 2.75) is 43.7 Å². The Bertz CT molecular complexity index is 811. The zero-order valence-electron chi connectivity index (χ0n) is 16.0. The zero-order chi connectivity index (χ0) is 19.6. The van der Waals surface area contributed by atoms with E-state index in [1.165, 1.54) is 12.1 Å². The van der Waals surface area contributed by atoms with Crippen LogP contribution in [0.3, 0.4) is 0 Å². The van der Waals surface area contributed by atoms with Crippen molar-refractivity contribution in [1.82, 2.24) is 0 Å². The molecule has 0 spiro atoms. The number of carbonyl (C=O) groups is 1. The topological polar surface area (TPSA) is 53.8 Å². The predicted octanol–water partition coefficient (Wildman–Crippen LogP) is 2.72. The Morgan fingerprint density at radius 2 is 1.86 bits per heavy atom. The second-order valence-corrected chi connectivity index (χ2v) is 8.23. The van der Waals surface area contributed by atoms with E-state index in [-0.39, 0.29) is 23.7 Å². The highest BCUT2D eigenvalue weighted by atomic mass is 19.1. The number of halogens is 1. The predicted molar refractivity (Wildman–Crippen MR) is 106 cm³/mol. The normalized spacial score (nSPS) is 29.7. The molecule has 0 aromatic heterocycles. The number of anilines is 1. The molecule has 1 aliphatic carbocycles. The highest BCUT2D eigenvalue weighted by Gasteiger charge is 2.51. The van der Waals surface area contributed by atoms with E-state index < -0.39 is 5.60 Å². The first-order chi connectivity index (χ1) is 13.5. The second-order valence-electron chi connectivity index (χ2n) is 8.23. The number of rotatable bonds is 4. The third-order valence-electron chi connectivity index (χ3n) is 6.46. The number of nitrogens with one attached hydrogen (secondary N) is 2. The van der Waals surface area contributed by atoms with Crippen LogP contribution < -0.4 is 10.2 Å². The number of quaternary nitrogens is 1. The highest BCUT2D eigenvalue weighted by Crippen LogP contribution is 2.43. The number of amides is 1. The van der Waals surface area contributed by atoms with Crippen LogP contribution in [0.1, 0.15) is 43.7 Å². The molecule has 1 aliphatic heterocycles. The molecule has 2 aromatic rings. The molecule has 1 heterocycles. The first-order valence-corrected chi connectivity index (χ1v) is 10.2. The van der Waals surface area contributed by atoms with E-state index in [1.54, 1.807) is 0 Å². The molecule has 3 N–H and O–H groups in total. The van der Waals surface area contributed by atoms with Gasteiger partial charge in [0.1, 0.15) is 11.9 Å². The number of fused-ring (bicyclic) bond motifs is 1. The summed E-state index contributed by atoms with van der Waals surface area (Å²) in [6, 6.07) is 16.0. The fraction of sp³-hybridized carbons (Fsp3) is 0.435. The zero-order valence-corrected chi connectivity index (χ0v) is 16.0. The number of carbonyl (C=O) groups excluding carboxylic acids is 1. The van der Waals surface area contributed by atoms with E-state index in [0.717, 1.165) is 48.4 Å². The Labute approximate surface area is 165 Å². The SMILES string of the molecule is O=C(C[NH+]1CC[C@]2(O)CCCC[C@@H]2[C@@H]1c1ccc(F)cc1)Nc1ccccc1. The molecule has 4 rings (SSSR count). The van der Waals surface area contributed by atoms with E-state index in [1.807, 2.05) is 42.5 Å². The van der Waals surface area contributed by atoms with E-state index in [2.05, 4.69) is 5.32 Å². The molecule has 0 radical (unpaired) electrons. The van der Waals surface area contributed by atoms with Gasteiger partial charge >= 0.3 is 0 Å². The van der Waals surface area contributed by atoms with Gasteiger partial charge in [-0.15, -0.1) is 0 Å². The molecule has 0 bridgehead atoms. The Balaban J connectivity index is 1.57. The van der Waals surface area contributed by atoms with Crippen LogP contribution in [0.2, 0.25) is 0 Å². The van der Waals surface area contributed by atoms with Crippen molar-refractivity contribution in [3.8, 4) is 0 Å². The van der Waals surface area contributed by atoms with Crippen LogP contribution in [-0.2, 0) is 4.79 Å². The summed E-state index contributed by atoms with van der Waals surface area (Å²) in [5.41, 5.74) is 1.13. The molecule has 2 aromatic carbocycles. The summed E-state index contributed by atoms with van der Waals surface area (Å²) in [5.74, 6) is -0.198. The molecule has 1 saturated carbocycles. The van der Waals surface area contributed by atoms with Gasteiger partial charge in [-0.3, -0.25) is 4.79 Å². The van der Waals surface area contributed by atoms with Crippen LogP contribution in [-0.4, -0.2) is 29.7 Å². The summed E-state index contributed by atoms with van der Waals surface area (Å²) in [6.07, 6.45) is 4.62. The highest BCUT2D eigenvalue weighted by molar-refractivity contribution is 5.91. The van der Waals surface area contributed by atoms with Gasteiger partial charge in [-0.05, 0) is 37.1 Å². The minimum atomic E-state index is -0.670. The minimum Gasteiger partial charge on any atom is -0.389 e. The maximum absolute atomic E-state index is 13.5. The molecule has 2 aliphatic rings. The largest absolute Gasteiger partial charge is 0.389 e. The first-order valence-electron chi connectivity index (χ1n) is 10.2. The summed E-state index contributed by atoms with van der Waals surface area (Å²) in [7, 11) is 0. The second kappa shape index (κ2) is 8.02. The number of piperidine rings is 1. The molecular formula is C23H28FN2O2+. The van der Waals surface area contributed by atoms with Crippen LogP contribution in [0.4, 0.5) is 10.1 Å². The van der Waals surface area contributed by atoms with Crippen LogP contribution in [0, 0.1) is 11.7 Å². The van der Waals surface area contributed by atoms with Gasteiger partial charge in [0.05, 0.1) is 12.1 Å². The Morgan fingerprint density at radius 1 is 1.11 bits per heavy atom. The lowest BCUT2D eigenvalue weighted by Gasteiger charge is -2.50. The lowest BCUT2D eigenvalue weighted by Crippen LogP contribution is -3.16. The lowest BCUT2D eigenvalue weighted by atomic mass is 9.66. The first kappa shape index (κ1) is 19.1. The van der Waals surface area contributed by atoms with Crippen LogP contribution in [0.25, 0.3) is 0 Å². The molecular weight excluding hydrogens is 355 g/mol. The fourth-order valence-corrected chi connectivity index (χ4v) is 5.12. The average Bonchev–Trinajstić information content (AvgIpc) is 2.69. The molecule has 4 nitrogen and oxygen atoms in total. The summed E-state index contributed by atoms with van der Waals surface area (Å²) < 4.78 is 13.5. The van der Waals surface area contributed by atoms with E-state index in [0.29, 0.717) is 13.0 Å². The average molecular weight is 383 g/mol. The number of para-hydroxylation sites is 1. The van der Waals surface area contributed by atoms with Crippen molar-refractivity contribution in [2.24, 2.45) is 5.92 Å². The number of aliphatic hydroxyl groups is 1. The van der Waals surface area contributed by atoms with Crippen LogP contribution >= 0.6 is 0 Å². The fourth-order valence-electron chi connectivity index (χ4n) is 5.12. The summed E-state index contributed by atoms with van der Waals surface area (Å²) in [5, 5.41) is 14.2. The minimum absolute atomic E-state index is 0.00109. The van der Waals surface area contributed by atoms with Gasteiger partial charge in [0, 0.05) is 23.6 Å². The third kappa shape index (κ3) is 3.96. The maximum atomic E-state index is 13.5. The molecule has 2 fully saturated rings. The van der Waals surface area contributed by atoms with Crippen LogP contribution in [0.5, 0.6) is 0 Å². The smallest absolute Gasteiger partial charge is 0.279 e. The number of hydrogen-bond donors (Lipinski definition) is 3. The number of likely N-dealkylation sites (tertiary alicyclic amines) is 1. The molecule has 1 amide bonds. The summed E-state index contributed by atoms with van der Waals surface area (Å²) in [6.45, 7) is 1.07. The summed E-state index contributed by atoms with van der Waals surface area (Å²) >= 11 is 0. The van der Waals surface area contributed by atoms with E-state index in [4.69, 9.17) is 0 Å². The molecule has 148 valence electrons. The van der Waals surface area contributed by atoms with Crippen LogP contribution in [0.15, 0.2) is 54.6 Å². The molecule has 28 heavy (non-hydrogen) atoms. The van der Waals surface area contributed by atoms with Crippen molar-refractivity contribution >= 4 is 11.6 Å². The summed E-state index contributed by atoms with van der Waals surface area (Å²) in [4.78, 5) is 13.8. The van der Waals surface area contributed by atoms with Crippen molar-refractivity contribution in [2.75, 3.05) is 18.4 Å². The Morgan fingerprint density at radius 3 is 2.61 bits per heavy atom. The number of hydrogen-bond acceptors (Lipinski definition) is 2. The Kier molecular flexibility index (Phi) is 5.47. The van der Waals surface area contributed by atoms with Crippen molar-refractivity contribution in [1.29, 1.82) is 0 Å². The Hall–Kier alpha value is -2.24. The van der Waals surface area contributed by atoms with Crippen molar-refractivity contribution < 1.29 is 19.2 Å². The van der Waals surface area contributed by atoms with Crippen molar-refractivity contribution in [3.63, 3.8) is 0 Å². The lowest BCUT2D eigenvalue weighted by molar-refractivity contribution is -0.937. The molecule has 1 unspecified atom stereocenters. The quantitative estimate of drug-likeness (QED) is 0.760. The van der Waals surface area contributed by atoms with Gasteiger partial charge in [-0.1, -0.05) is 43.2 Å². The van der Waals surface area contributed by atoms with Gasteiger partial charge in [-0.2, -0.15) is 0 Å². The van der Waals surface area contributed by atoms with E-state index >= 15 is 0 Å². The van der Waals surface area contributed by atoms with Crippen molar-refractivity contribution in [3.05, 3.63) is 66.0 Å². The monoisotopic (exact) mass is 383 g/mol. The van der Waals surface area contributed by atoms with Gasteiger partial charge in [0.15, 0.2) is 6.54 Å². The van der Waals surface area contributed by atoms with Gasteiger partial charge in [0.2, 0.25) is 0 Å². The molecule has 5 heteroatoms.